The molecular weight excluding hydrogens is 280 g/mol. The number of aromatic nitrogens is 1. The summed E-state index contributed by atoms with van der Waals surface area (Å²) in [6.45, 7) is 6.21. The summed E-state index contributed by atoms with van der Waals surface area (Å²) in [5.74, 6) is -1.21. The molecule has 1 heterocycles. The van der Waals surface area contributed by atoms with Crippen LogP contribution in [0.15, 0.2) is 30.5 Å². The van der Waals surface area contributed by atoms with Gasteiger partial charge in [-0.05, 0) is 38.0 Å². The van der Waals surface area contributed by atoms with Gasteiger partial charge in [0.1, 0.15) is 0 Å². The van der Waals surface area contributed by atoms with E-state index in [1.54, 1.807) is 13.1 Å². The van der Waals surface area contributed by atoms with E-state index in [-0.39, 0.29) is 17.9 Å². The Hall–Kier alpha value is -2.56. The van der Waals surface area contributed by atoms with Crippen LogP contribution in [0.2, 0.25) is 0 Å². The highest BCUT2D eigenvalue weighted by molar-refractivity contribution is 5.96. The molecule has 0 unspecified atom stereocenters. The topological polar surface area (TPSA) is 71.3 Å². The Morgan fingerprint density at radius 3 is 2.45 bits per heavy atom. The fourth-order valence-corrected chi connectivity index (χ4v) is 2.57. The smallest absolute Gasteiger partial charge is 0.337 e. The van der Waals surface area contributed by atoms with Gasteiger partial charge >= 0.3 is 5.97 Å². The van der Waals surface area contributed by atoms with E-state index in [0.717, 1.165) is 11.3 Å². The molecule has 0 atom stereocenters. The van der Waals surface area contributed by atoms with Gasteiger partial charge in [0.2, 0.25) is 5.91 Å². The zero-order valence-corrected chi connectivity index (χ0v) is 13.0. The molecule has 5 nitrogen and oxygen atoms in total. The normalized spacial score (nSPS) is 10.5. The van der Waals surface area contributed by atoms with E-state index in [1.165, 1.54) is 0 Å². The number of aromatic carboxylic acids is 1. The molecule has 0 bridgehead atoms. The van der Waals surface area contributed by atoms with Crippen LogP contribution >= 0.6 is 0 Å². The van der Waals surface area contributed by atoms with E-state index in [9.17, 15) is 14.7 Å². The predicted molar refractivity (Wildman–Crippen MR) is 85.3 cm³/mol. The van der Waals surface area contributed by atoms with Gasteiger partial charge in [0.25, 0.3) is 0 Å². The number of carboxylic acids is 1. The van der Waals surface area contributed by atoms with E-state index in [2.05, 4.69) is 5.32 Å². The lowest BCUT2D eigenvalue weighted by molar-refractivity contribution is -0.115. The van der Waals surface area contributed by atoms with Gasteiger partial charge in [-0.1, -0.05) is 18.2 Å². The summed E-state index contributed by atoms with van der Waals surface area (Å²) >= 11 is 0. The average Bonchev–Trinajstić information content (AvgIpc) is 2.77. The van der Waals surface area contributed by atoms with Crippen LogP contribution in [0.1, 0.15) is 34.1 Å². The Kier molecular flexibility index (Phi) is 4.65. The first-order valence-corrected chi connectivity index (χ1v) is 7.21. The minimum Gasteiger partial charge on any atom is -0.478 e. The highest BCUT2D eigenvalue weighted by Crippen LogP contribution is 2.19. The van der Waals surface area contributed by atoms with Gasteiger partial charge in [-0.2, -0.15) is 0 Å². The third-order valence-electron chi connectivity index (χ3n) is 3.68. The van der Waals surface area contributed by atoms with Crippen LogP contribution in [-0.4, -0.2) is 21.6 Å². The number of hydrogen-bond acceptors (Lipinski definition) is 2. The minimum absolute atomic E-state index is 0.0393. The Labute approximate surface area is 129 Å². The highest BCUT2D eigenvalue weighted by Gasteiger charge is 2.21. The second kappa shape index (κ2) is 6.47. The summed E-state index contributed by atoms with van der Waals surface area (Å²) < 4.78 is 1.82. The maximum atomic E-state index is 12.3. The van der Waals surface area contributed by atoms with Crippen molar-refractivity contribution >= 4 is 17.6 Å². The quantitative estimate of drug-likeness (QED) is 0.891. The van der Waals surface area contributed by atoms with E-state index in [1.807, 2.05) is 42.7 Å². The van der Waals surface area contributed by atoms with Gasteiger partial charge in [0, 0.05) is 24.1 Å². The maximum Gasteiger partial charge on any atom is 0.337 e. The molecule has 5 heteroatoms. The van der Waals surface area contributed by atoms with E-state index >= 15 is 0 Å². The van der Waals surface area contributed by atoms with Crippen LogP contribution < -0.4 is 5.32 Å². The number of rotatable bonds is 5. The molecule has 0 saturated heterocycles. The zero-order chi connectivity index (χ0) is 16.3. The molecular formula is C17H20N2O3. The molecule has 0 radical (unpaired) electrons. The maximum absolute atomic E-state index is 12.3. The number of anilines is 1. The van der Waals surface area contributed by atoms with Gasteiger partial charge < -0.3 is 15.0 Å². The van der Waals surface area contributed by atoms with Crippen LogP contribution in [0.25, 0.3) is 0 Å². The fourth-order valence-electron chi connectivity index (χ4n) is 2.57. The monoisotopic (exact) mass is 300 g/mol. The number of carboxylic acid groups (broad SMARTS) is 1. The lowest BCUT2D eigenvalue weighted by atomic mass is 10.1. The van der Waals surface area contributed by atoms with Crippen LogP contribution in [-0.2, 0) is 17.8 Å². The van der Waals surface area contributed by atoms with Gasteiger partial charge in [-0.25, -0.2) is 4.79 Å². The SMILES string of the molecule is CCn1cc(C)c(C(=O)O)c1CC(=O)Nc1ccccc1C. The summed E-state index contributed by atoms with van der Waals surface area (Å²) in [4.78, 5) is 23.7. The number of carbonyl (C=O) groups excluding carboxylic acids is 1. The van der Waals surface area contributed by atoms with Crippen molar-refractivity contribution in [1.29, 1.82) is 0 Å². The molecule has 0 aliphatic rings. The summed E-state index contributed by atoms with van der Waals surface area (Å²) in [5, 5.41) is 12.2. The van der Waals surface area contributed by atoms with Crippen LogP contribution in [0, 0.1) is 13.8 Å². The molecule has 0 fully saturated rings. The lowest BCUT2D eigenvalue weighted by Crippen LogP contribution is -2.19. The molecule has 0 spiro atoms. The molecule has 2 aromatic rings. The van der Waals surface area contributed by atoms with Crippen molar-refractivity contribution in [2.75, 3.05) is 5.32 Å². The molecule has 0 saturated carbocycles. The fraction of sp³-hybridized carbons (Fsp3) is 0.294. The van der Waals surface area contributed by atoms with Gasteiger partial charge in [0.15, 0.2) is 0 Å². The molecule has 0 aliphatic heterocycles. The average molecular weight is 300 g/mol. The Morgan fingerprint density at radius 2 is 1.86 bits per heavy atom. The summed E-state index contributed by atoms with van der Waals surface area (Å²) in [6, 6.07) is 7.50. The van der Waals surface area contributed by atoms with Crippen molar-refractivity contribution in [3.63, 3.8) is 0 Å². The second-order valence-electron chi connectivity index (χ2n) is 5.26. The van der Waals surface area contributed by atoms with Crippen molar-refractivity contribution < 1.29 is 14.7 Å². The first-order valence-electron chi connectivity index (χ1n) is 7.21. The third kappa shape index (κ3) is 3.19. The zero-order valence-electron chi connectivity index (χ0n) is 13.0. The molecule has 22 heavy (non-hydrogen) atoms. The third-order valence-corrected chi connectivity index (χ3v) is 3.68. The van der Waals surface area contributed by atoms with Crippen LogP contribution in [0.4, 0.5) is 5.69 Å². The molecule has 2 N–H and O–H groups in total. The molecule has 2 rings (SSSR count). The van der Waals surface area contributed by atoms with Crippen molar-refractivity contribution in [3.05, 3.63) is 52.8 Å². The first kappa shape index (κ1) is 15.8. The van der Waals surface area contributed by atoms with Gasteiger partial charge in [-0.3, -0.25) is 4.79 Å². The summed E-state index contributed by atoms with van der Waals surface area (Å²) in [6.07, 6.45) is 1.82. The number of nitrogens with zero attached hydrogens (tertiary/aromatic N) is 1. The number of carbonyl (C=O) groups is 2. The minimum atomic E-state index is -0.997. The largest absolute Gasteiger partial charge is 0.478 e. The number of hydrogen-bond donors (Lipinski definition) is 2. The van der Waals surface area contributed by atoms with E-state index in [0.29, 0.717) is 17.8 Å². The van der Waals surface area contributed by atoms with E-state index in [4.69, 9.17) is 0 Å². The number of nitrogens with one attached hydrogen (secondary N) is 1. The number of benzene rings is 1. The van der Waals surface area contributed by atoms with Gasteiger partial charge in [0.05, 0.1) is 12.0 Å². The number of amides is 1. The standard InChI is InChI=1S/C17H20N2O3/c1-4-19-10-12(3)16(17(21)22)14(19)9-15(20)18-13-8-6-5-7-11(13)2/h5-8,10H,4,9H2,1-3H3,(H,18,20)(H,21,22). The number of para-hydroxylation sites is 1. The predicted octanol–water partition coefficient (Wildman–Crippen LogP) is 3.00. The van der Waals surface area contributed by atoms with E-state index < -0.39 is 5.97 Å². The Morgan fingerprint density at radius 1 is 1.18 bits per heavy atom. The lowest BCUT2D eigenvalue weighted by Gasteiger charge is -2.10. The van der Waals surface area contributed by atoms with Crippen LogP contribution in [0.5, 0.6) is 0 Å². The van der Waals surface area contributed by atoms with Crippen molar-refractivity contribution in [2.24, 2.45) is 0 Å². The van der Waals surface area contributed by atoms with Crippen molar-refractivity contribution in [3.8, 4) is 0 Å². The van der Waals surface area contributed by atoms with Crippen molar-refractivity contribution in [2.45, 2.75) is 33.7 Å². The molecule has 1 aromatic carbocycles. The molecule has 1 amide bonds. The highest BCUT2D eigenvalue weighted by atomic mass is 16.4. The first-order chi connectivity index (χ1) is 10.4. The molecule has 1 aromatic heterocycles. The van der Waals surface area contributed by atoms with Crippen molar-refractivity contribution in [1.82, 2.24) is 4.57 Å². The Balaban J connectivity index is 2.25. The number of aryl methyl sites for hydroxylation is 3. The molecule has 116 valence electrons. The Bertz CT molecular complexity index is 717. The van der Waals surface area contributed by atoms with Gasteiger partial charge in [-0.15, -0.1) is 0 Å². The second-order valence-corrected chi connectivity index (χ2v) is 5.26. The summed E-state index contributed by atoms with van der Waals surface area (Å²) in [5.41, 5.74) is 3.15. The summed E-state index contributed by atoms with van der Waals surface area (Å²) in [7, 11) is 0. The van der Waals surface area contributed by atoms with Crippen LogP contribution in [0.3, 0.4) is 0 Å². The molecule has 0 aliphatic carbocycles.